The number of hydrogen-bond donors (Lipinski definition) is 3. The maximum absolute atomic E-state index is 12.9. The fraction of sp³-hybridized carbons (Fsp3) is 0.167. The van der Waals surface area contributed by atoms with Gasteiger partial charge >= 0.3 is 5.97 Å². The number of fused-ring (bicyclic) bond motifs is 6. The smallest absolute Gasteiger partial charge is 0.340 e. The van der Waals surface area contributed by atoms with Crippen LogP contribution in [0.15, 0.2) is 59.7 Å². The molecule has 5 rings (SSSR count). The van der Waals surface area contributed by atoms with E-state index in [1.807, 2.05) is 0 Å². The van der Waals surface area contributed by atoms with Gasteiger partial charge in [0.25, 0.3) is 5.91 Å². The van der Waals surface area contributed by atoms with Crippen LogP contribution in [0.3, 0.4) is 0 Å². The number of azide groups is 1. The van der Waals surface area contributed by atoms with E-state index in [0.29, 0.717) is 40.8 Å². The van der Waals surface area contributed by atoms with E-state index in [9.17, 15) is 19.8 Å². The largest absolute Gasteiger partial charge is 0.508 e. The van der Waals surface area contributed by atoms with Gasteiger partial charge in [-0.2, -0.15) is 0 Å². The van der Waals surface area contributed by atoms with E-state index < -0.39 is 11.6 Å². The Morgan fingerprint density at radius 3 is 2.32 bits per heavy atom. The van der Waals surface area contributed by atoms with E-state index >= 15 is 0 Å². The molecule has 34 heavy (non-hydrogen) atoms. The highest BCUT2D eigenvalue weighted by molar-refractivity contribution is 6.00. The Kier molecular flexibility index (Phi) is 4.99. The number of aromatic hydroxyl groups is 2. The molecule has 3 N–H and O–H groups in total. The molecule has 2 aliphatic rings. The molecule has 0 unspecified atom stereocenters. The van der Waals surface area contributed by atoms with E-state index in [2.05, 4.69) is 15.3 Å². The Morgan fingerprint density at radius 1 is 1.00 bits per heavy atom. The Balaban J connectivity index is 1.63. The molecule has 1 amide bonds. The van der Waals surface area contributed by atoms with Crippen LogP contribution in [0, 0.1) is 0 Å². The zero-order valence-electron chi connectivity index (χ0n) is 17.7. The number of ether oxygens (including phenoxy) is 2. The zero-order valence-corrected chi connectivity index (χ0v) is 17.7. The highest BCUT2D eigenvalue weighted by Crippen LogP contribution is 2.57. The summed E-state index contributed by atoms with van der Waals surface area (Å²) in [6.07, 6.45) is 0.483. The molecule has 0 aromatic heterocycles. The van der Waals surface area contributed by atoms with Crippen LogP contribution in [0.5, 0.6) is 23.0 Å². The van der Waals surface area contributed by atoms with Crippen molar-refractivity contribution in [3.63, 3.8) is 0 Å². The van der Waals surface area contributed by atoms with Crippen molar-refractivity contribution in [3.8, 4) is 23.0 Å². The number of rotatable bonds is 5. The second-order valence-corrected chi connectivity index (χ2v) is 7.86. The molecule has 0 atom stereocenters. The molecule has 170 valence electrons. The second kappa shape index (κ2) is 8.02. The Morgan fingerprint density at radius 2 is 1.68 bits per heavy atom. The summed E-state index contributed by atoms with van der Waals surface area (Å²) < 4.78 is 11.9. The third-order valence-electron chi connectivity index (χ3n) is 5.82. The lowest BCUT2D eigenvalue weighted by Gasteiger charge is -2.36. The average molecular weight is 458 g/mol. The maximum Gasteiger partial charge on any atom is 0.340 e. The van der Waals surface area contributed by atoms with Crippen molar-refractivity contribution in [2.45, 2.75) is 12.0 Å². The van der Waals surface area contributed by atoms with Crippen molar-refractivity contribution in [3.05, 3.63) is 92.9 Å². The number of nitrogens with zero attached hydrogens (tertiary/aromatic N) is 3. The van der Waals surface area contributed by atoms with Crippen molar-refractivity contribution >= 4 is 11.9 Å². The van der Waals surface area contributed by atoms with Crippen molar-refractivity contribution in [2.24, 2.45) is 5.11 Å². The molecule has 0 saturated heterocycles. The van der Waals surface area contributed by atoms with Gasteiger partial charge in [-0.15, -0.1) is 0 Å². The number of benzene rings is 3. The minimum atomic E-state index is -1.44. The summed E-state index contributed by atoms with van der Waals surface area (Å²) in [6, 6.07) is 13.6. The quantitative estimate of drug-likeness (QED) is 0.172. The average Bonchev–Trinajstić information content (AvgIpc) is 3.10. The zero-order chi connectivity index (χ0) is 23.9. The van der Waals surface area contributed by atoms with Gasteiger partial charge in [-0.25, -0.2) is 4.79 Å². The summed E-state index contributed by atoms with van der Waals surface area (Å²) in [5.41, 5.74) is 8.91. The first kappa shape index (κ1) is 21.2. The Hall–Kier alpha value is -4.69. The van der Waals surface area contributed by atoms with Gasteiger partial charge in [0.2, 0.25) is 0 Å². The van der Waals surface area contributed by atoms with E-state index in [1.54, 1.807) is 18.2 Å². The molecular weight excluding hydrogens is 440 g/mol. The normalized spacial score (nSPS) is 14.2. The molecule has 0 bridgehead atoms. The summed E-state index contributed by atoms with van der Waals surface area (Å²) in [6.45, 7) is 0.577. The molecule has 10 heteroatoms. The molecular formula is C24H18N4O6. The standard InChI is InChI=1S/C24H18N4O6/c25-28-27-9-1-8-26-22(31)13-2-5-16-19(10-13)24(34-23(16)32)17-6-3-14(29)11-20(17)33-21-12-15(30)4-7-18(21)24/h2-7,10-12,29-30H,1,8-9H2,(H,26,31). The van der Waals surface area contributed by atoms with Crippen LogP contribution >= 0.6 is 0 Å². The van der Waals surface area contributed by atoms with Crippen LogP contribution in [0.2, 0.25) is 0 Å². The monoisotopic (exact) mass is 458 g/mol. The first-order valence-electron chi connectivity index (χ1n) is 10.5. The fourth-order valence-corrected chi connectivity index (χ4v) is 4.34. The summed E-state index contributed by atoms with van der Waals surface area (Å²) >= 11 is 0. The summed E-state index contributed by atoms with van der Waals surface area (Å²) in [4.78, 5) is 28.4. The Bertz CT molecular complexity index is 1340. The van der Waals surface area contributed by atoms with Crippen molar-refractivity contribution in [1.29, 1.82) is 0 Å². The summed E-state index contributed by atoms with van der Waals surface area (Å²) in [7, 11) is 0. The number of carbonyl (C=O) groups is 2. The van der Waals surface area contributed by atoms with E-state index in [4.69, 9.17) is 15.0 Å². The molecule has 0 saturated carbocycles. The summed E-state index contributed by atoms with van der Waals surface area (Å²) in [5.74, 6) is -0.511. The van der Waals surface area contributed by atoms with Gasteiger partial charge < -0.3 is 25.0 Å². The van der Waals surface area contributed by atoms with Gasteiger partial charge in [-0.3, -0.25) is 4.79 Å². The lowest BCUT2D eigenvalue weighted by molar-refractivity contribution is 0.0224. The third-order valence-corrected chi connectivity index (χ3v) is 5.82. The first-order chi connectivity index (χ1) is 16.4. The molecule has 3 aromatic rings. The lowest BCUT2D eigenvalue weighted by atomic mass is 9.77. The molecule has 3 aromatic carbocycles. The number of nitrogens with one attached hydrogen (secondary N) is 1. The Labute approximate surface area is 193 Å². The third kappa shape index (κ3) is 3.25. The second-order valence-electron chi connectivity index (χ2n) is 7.86. The number of amides is 1. The number of hydrogen-bond acceptors (Lipinski definition) is 7. The number of phenols is 2. The minimum Gasteiger partial charge on any atom is -0.508 e. The highest BCUT2D eigenvalue weighted by Gasteiger charge is 2.53. The van der Waals surface area contributed by atoms with Crippen LogP contribution in [-0.4, -0.2) is 35.2 Å². The first-order valence-corrected chi connectivity index (χ1v) is 10.5. The molecule has 2 aliphatic heterocycles. The van der Waals surface area contributed by atoms with Gasteiger partial charge in [0.15, 0.2) is 5.60 Å². The predicted molar refractivity (Wildman–Crippen MR) is 119 cm³/mol. The van der Waals surface area contributed by atoms with Crippen molar-refractivity contribution in [1.82, 2.24) is 5.32 Å². The van der Waals surface area contributed by atoms with Crippen LogP contribution in [0.1, 0.15) is 43.8 Å². The molecule has 0 aliphatic carbocycles. The molecule has 1 spiro atoms. The van der Waals surface area contributed by atoms with Crippen molar-refractivity contribution in [2.75, 3.05) is 13.1 Å². The predicted octanol–water partition coefficient (Wildman–Crippen LogP) is 4.10. The van der Waals surface area contributed by atoms with Gasteiger partial charge in [0, 0.05) is 52.4 Å². The number of carbonyl (C=O) groups excluding carboxylic acids is 2. The fourth-order valence-electron chi connectivity index (χ4n) is 4.34. The highest BCUT2D eigenvalue weighted by atomic mass is 16.6. The van der Waals surface area contributed by atoms with Crippen molar-refractivity contribution < 1.29 is 29.3 Å². The van der Waals surface area contributed by atoms with Crippen LogP contribution < -0.4 is 10.1 Å². The van der Waals surface area contributed by atoms with Crippen LogP contribution in [-0.2, 0) is 10.3 Å². The van der Waals surface area contributed by atoms with Gasteiger partial charge in [-0.05, 0) is 54.4 Å². The lowest BCUT2D eigenvalue weighted by Crippen LogP contribution is -2.33. The number of phenolic OH excluding ortho intramolecular Hbond substituents is 2. The van der Waals surface area contributed by atoms with E-state index in [0.717, 1.165) is 0 Å². The topological polar surface area (TPSA) is 154 Å². The van der Waals surface area contributed by atoms with E-state index in [1.165, 1.54) is 36.4 Å². The van der Waals surface area contributed by atoms with Crippen LogP contribution in [0.4, 0.5) is 0 Å². The maximum atomic E-state index is 12.9. The van der Waals surface area contributed by atoms with Gasteiger partial charge in [-0.1, -0.05) is 5.11 Å². The molecule has 2 heterocycles. The molecule has 0 fully saturated rings. The van der Waals surface area contributed by atoms with E-state index in [-0.39, 0.29) is 35.4 Å². The van der Waals surface area contributed by atoms with Gasteiger partial charge in [0.05, 0.1) is 5.56 Å². The van der Waals surface area contributed by atoms with Gasteiger partial charge in [0.1, 0.15) is 23.0 Å². The van der Waals surface area contributed by atoms with Crippen LogP contribution in [0.25, 0.3) is 10.4 Å². The molecule has 0 radical (unpaired) electrons. The molecule has 10 nitrogen and oxygen atoms in total. The minimum absolute atomic E-state index is 0.0455. The SMILES string of the molecule is [N-]=[N+]=NCCCNC(=O)c1ccc2c(c1)C1(OC2=O)c2ccc(O)cc2Oc2cc(O)ccc21. The number of esters is 1. The summed E-state index contributed by atoms with van der Waals surface area (Å²) in [5, 5.41) is 26.2.